The highest BCUT2D eigenvalue weighted by Gasteiger charge is 2.19. The zero-order valence-corrected chi connectivity index (χ0v) is 12.4. The van der Waals surface area contributed by atoms with Crippen molar-refractivity contribution in [2.75, 3.05) is 33.1 Å². The zero-order valence-electron chi connectivity index (χ0n) is 12.4. The third kappa shape index (κ3) is 4.44. The van der Waals surface area contributed by atoms with Gasteiger partial charge in [0.1, 0.15) is 5.75 Å². The van der Waals surface area contributed by atoms with Crippen LogP contribution < -0.4 is 15.8 Å². The summed E-state index contributed by atoms with van der Waals surface area (Å²) in [4.78, 5) is 6.49. The van der Waals surface area contributed by atoms with Crippen molar-refractivity contribution < 1.29 is 4.74 Å². The number of benzene rings is 1. The van der Waals surface area contributed by atoms with E-state index < -0.39 is 0 Å². The first-order chi connectivity index (χ1) is 8.86. The maximum Gasteiger partial charge on any atom is 0.193 e. The average Bonchev–Trinajstić information content (AvgIpc) is 2.37. The van der Waals surface area contributed by atoms with Crippen molar-refractivity contribution in [2.45, 2.75) is 19.4 Å². The molecule has 0 unspecified atom stereocenters. The van der Waals surface area contributed by atoms with Crippen molar-refractivity contribution in [1.29, 1.82) is 0 Å². The summed E-state index contributed by atoms with van der Waals surface area (Å²) in [6.45, 7) is 4.85. The van der Waals surface area contributed by atoms with Gasteiger partial charge in [-0.2, -0.15) is 0 Å². The molecule has 0 heterocycles. The highest BCUT2D eigenvalue weighted by atomic mass is 16.5. The summed E-state index contributed by atoms with van der Waals surface area (Å²) in [6, 6.07) is 7.60. The molecule has 5 heteroatoms. The van der Waals surface area contributed by atoms with E-state index in [9.17, 15) is 0 Å². The quantitative estimate of drug-likeness (QED) is 0.628. The van der Waals surface area contributed by atoms with E-state index in [1.165, 1.54) is 0 Å². The van der Waals surface area contributed by atoms with Crippen molar-refractivity contribution in [2.24, 2.45) is 10.7 Å². The Hall–Kier alpha value is -1.75. The molecule has 5 nitrogen and oxygen atoms in total. The number of anilines is 1. The average molecular weight is 264 g/mol. The van der Waals surface area contributed by atoms with Gasteiger partial charge in [0, 0.05) is 5.54 Å². The molecule has 1 aromatic rings. The molecule has 0 amide bonds. The Morgan fingerprint density at radius 3 is 2.58 bits per heavy atom. The summed E-state index contributed by atoms with van der Waals surface area (Å²) in [5.74, 6) is 1.13. The third-order valence-corrected chi connectivity index (χ3v) is 3.22. The second-order valence-corrected chi connectivity index (χ2v) is 5.23. The summed E-state index contributed by atoms with van der Waals surface area (Å²) in [7, 11) is 5.68. The van der Waals surface area contributed by atoms with Gasteiger partial charge in [-0.3, -0.25) is 4.99 Å². The van der Waals surface area contributed by atoms with Crippen LogP contribution in [0.3, 0.4) is 0 Å². The van der Waals surface area contributed by atoms with E-state index >= 15 is 0 Å². The van der Waals surface area contributed by atoms with Gasteiger partial charge in [0.15, 0.2) is 5.96 Å². The van der Waals surface area contributed by atoms with Crippen LogP contribution in [-0.4, -0.2) is 44.1 Å². The number of nitrogens with two attached hydrogens (primary N) is 1. The fourth-order valence-electron chi connectivity index (χ4n) is 1.35. The van der Waals surface area contributed by atoms with Gasteiger partial charge in [0.25, 0.3) is 0 Å². The SMILES string of the molecule is COc1ccccc1NC(N)=NCC(C)(C)N(C)C. The molecule has 106 valence electrons. The van der Waals surface area contributed by atoms with E-state index in [1.54, 1.807) is 7.11 Å². The first kappa shape index (κ1) is 15.3. The number of hydrogen-bond acceptors (Lipinski definition) is 3. The number of ether oxygens (including phenoxy) is 1. The van der Waals surface area contributed by atoms with Crippen LogP contribution >= 0.6 is 0 Å². The second kappa shape index (κ2) is 6.43. The monoisotopic (exact) mass is 264 g/mol. The number of nitrogens with zero attached hydrogens (tertiary/aromatic N) is 2. The molecule has 0 saturated carbocycles. The number of rotatable bonds is 5. The van der Waals surface area contributed by atoms with Crippen molar-refractivity contribution in [3.05, 3.63) is 24.3 Å². The number of para-hydroxylation sites is 2. The van der Waals surface area contributed by atoms with Gasteiger partial charge in [-0.15, -0.1) is 0 Å². The molecule has 0 aliphatic rings. The minimum atomic E-state index is -0.0346. The highest BCUT2D eigenvalue weighted by Crippen LogP contribution is 2.22. The summed E-state index contributed by atoms with van der Waals surface area (Å²) in [5, 5.41) is 3.06. The van der Waals surface area contributed by atoms with E-state index in [2.05, 4.69) is 29.1 Å². The van der Waals surface area contributed by atoms with Gasteiger partial charge >= 0.3 is 0 Å². The lowest BCUT2D eigenvalue weighted by molar-refractivity contribution is 0.205. The molecule has 0 aromatic heterocycles. The van der Waals surface area contributed by atoms with Gasteiger partial charge in [-0.1, -0.05) is 12.1 Å². The Kier molecular flexibility index (Phi) is 5.18. The molecule has 3 N–H and O–H groups in total. The van der Waals surface area contributed by atoms with Gasteiger partial charge in [-0.25, -0.2) is 0 Å². The lowest BCUT2D eigenvalue weighted by Gasteiger charge is -2.30. The van der Waals surface area contributed by atoms with Crippen LogP contribution in [0.5, 0.6) is 5.75 Å². The molecule has 0 bridgehead atoms. The first-order valence-corrected chi connectivity index (χ1v) is 6.24. The molecular formula is C14H24N4O. The Labute approximate surface area is 115 Å². The van der Waals surface area contributed by atoms with Gasteiger partial charge in [-0.05, 0) is 40.1 Å². The molecule has 0 saturated heterocycles. The molecule has 1 aromatic carbocycles. The molecule has 0 atom stereocenters. The molecule has 0 spiro atoms. The largest absolute Gasteiger partial charge is 0.495 e. The first-order valence-electron chi connectivity index (χ1n) is 6.24. The lowest BCUT2D eigenvalue weighted by atomic mass is 10.1. The zero-order chi connectivity index (χ0) is 14.5. The molecule has 0 aliphatic heterocycles. The van der Waals surface area contributed by atoms with E-state index in [0.29, 0.717) is 12.5 Å². The van der Waals surface area contributed by atoms with Gasteiger partial charge in [0.05, 0.1) is 19.3 Å². The minimum absolute atomic E-state index is 0.0346. The fraction of sp³-hybridized carbons (Fsp3) is 0.500. The van der Waals surface area contributed by atoms with Crippen molar-refractivity contribution in [1.82, 2.24) is 4.90 Å². The molecule has 19 heavy (non-hydrogen) atoms. The smallest absolute Gasteiger partial charge is 0.193 e. The standard InChI is InChI=1S/C14H24N4O/c1-14(2,18(3)4)10-16-13(15)17-11-8-6-7-9-12(11)19-5/h6-9H,10H2,1-5H3,(H3,15,16,17). The Bertz CT molecular complexity index is 441. The van der Waals surface area contributed by atoms with E-state index in [1.807, 2.05) is 38.4 Å². The van der Waals surface area contributed by atoms with Crippen LogP contribution in [0.2, 0.25) is 0 Å². The van der Waals surface area contributed by atoms with Gasteiger partial charge in [0.2, 0.25) is 0 Å². The normalized spacial score (nSPS) is 12.6. The Balaban J connectivity index is 2.71. The Morgan fingerprint density at radius 1 is 1.37 bits per heavy atom. The fourth-order valence-corrected chi connectivity index (χ4v) is 1.35. The topological polar surface area (TPSA) is 62.9 Å². The second-order valence-electron chi connectivity index (χ2n) is 5.23. The highest BCUT2D eigenvalue weighted by molar-refractivity contribution is 5.93. The van der Waals surface area contributed by atoms with Gasteiger partial charge < -0.3 is 20.7 Å². The van der Waals surface area contributed by atoms with Crippen LogP contribution in [-0.2, 0) is 0 Å². The van der Waals surface area contributed by atoms with Crippen LogP contribution in [0.1, 0.15) is 13.8 Å². The number of guanidine groups is 1. The minimum Gasteiger partial charge on any atom is -0.495 e. The number of hydrogen-bond donors (Lipinski definition) is 2. The van der Waals surface area contributed by atoms with Crippen molar-refractivity contribution in [3.63, 3.8) is 0 Å². The number of methoxy groups -OCH3 is 1. The predicted octanol–water partition coefficient (Wildman–Crippen LogP) is 1.76. The maximum absolute atomic E-state index is 5.90. The van der Waals surface area contributed by atoms with Crippen LogP contribution in [0.4, 0.5) is 5.69 Å². The summed E-state index contributed by atoms with van der Waals surface area (Å²) in [6.07, 6.45) is 0. The van der Waals surface area contributed by atoms with Crippen LogP contribution in [0.15, 0.2) is 29.3 Å². The van der Waals surface area contributed by atoms with E-state index in [4.69, 9.17) is 10.5 Å². The molecule has 0 aliphatic carbocycles. The number of likely N-dealkylation sites (N-methyl/N-ethyl adjacent to an activating group) is 1. The third-order valence-electron chi connectivity index (χ3n) is 3.22. The summed E-state index contributed by atoms with van der Waals surface area (Å²) in [5.41, 5.74) is 6.68. The molecular weight excluding hydrogens is 240 g/mol. The number of nitrogens with one attached hydrogen (secondary N) is 1. The molecule has 0 fully saturated rings. The van der Waals surface area contributed by atoms with E-state index in [0.717, 1.165) is 11.4 Å². The molecule has 1 rings (SSSR count). The summed E-state index contributed by atoms with van der Waals surface area (Å²) < 4.78 is 5.25. The maximum atomic E-state index is 5.90. The Morgan fingerprint density at radius 2 is 2.00 bits per heavy atom. The van der Waals surface area contributed by atoms with Crippen LogP contribution in [0, 0.1) is 0 Å². The van der Waals surface area contributed by atoms with E-state index in [-0.39, 0.29) is 5.54 Å². The van der Waals surface area contributed by atoms with Crippen LogP contribution in [0.25, 0.3) is 0 Å². The van der Waals surface area contributed by atoms with Crippen molar-refractivity contribution in [3.8, 4) is 5.75 Å². The van der Waals surface area contributed by atoms with Crippen molar-refractivity contribution >= 4 is 11.6 Å². The lowest BCUT2D eigenvalue weighted by Crippen LogP contribution is -2.41. The predicted molar refractivity (Wildman–Crippen MR) is 80.9 cm³/mol. The molecule has 0 radical (unpaired) electrons. The summed E-state index contributed by atoms with van der Waals surface area (Å²) >= 11 is 0. The number of aliphatic imine (C=N–C) groups is 1.